The number of nitrogens with zero attached hydrogens (tertiary/aromatic N) is 1. The molecule has 0 saturated heterocycles. The summed E-state index contributed by atoms with van der Waals surface area (Å²) in [5.41, 5.74) is 6.31. The molecule has 0 amide bonds. The fourth-order valence-corrected chi connectivity index (χ4v) is 2.88. The Morgan fingerprint density at radius 1 is 1.47 bits per heavy atom. The number of nitrogens with two attached hydrogens (primary N) is 1. The Kier molecular flexibility index (Phi) is 3.89. The molecule has 1 aliphatic carbocycles. The summed E-state index contributed by atoms with van der Waals surface area (Å²) < 4.78 is 0.864. The van der Waals surface area contributed by atoms with Crippen LogP contribution in [-0.4, -0.2) is 23.2 Å². The zero-order valence-corrected chi connectivity index (χ0v) is 11.3. The van der Waals surface area contributed by atoms with Crippen molar-refractivity contribution in [3.8, 4) is 0 Å². The van der Waals surface area contributed by atoms with E-state index in [0.29, 0.717) is 5.69 Å². The number of hydrogen-bond acceptors (Lipinski definition) is 4. The summed E-state index contributed by atoms with van der Waals surface area (Å²) in [6.07, 6.45) is 6.22. The van der Waals surface area contributed by atoms with Crippen molar-refractivity contribution in [1.29, 1.82) is 0 Å². The highest BCUT2D eigenvalue weighted by Crippen LogP contribution is 2.38. The molecule has 5 heteroatoms. The first-order chi connectivity index (χ1) is 8.15. The Morgan fingerprint density at radius 3 is 2.76 bits per heavy atom. The van der Waals surface area contributed by atoms with Crippen molar-refractivity contribution < 1.29 is 5.11 Å². The lowest BCUT2D eigenvalue weighted by Crippen LogP contribution is -2.30. The number of halogens is 1. The molecule has 0 bridgehead atoms. The molecule has 0 unspecified atom stereocenters. The van der Waals surface area contributed by atoms with E-state index in [1.54, 1.807) is 6.20 Å². The molecule has 2 rings (SSSR count). The second-order valence-electron chi connectivity index (χ2n) is 4.82. The fraction of sp³-hybridized carbons (Fsp3) is 0.583. The Bertz CT molecular complexity index is 391. The van der Waals surface area contributed by atoms with Crippen LogP contribution in [0.4, 0.5) is 11.5 Å². The Morgan fingerprint density at radius 2 is 2.18 bits per heavy atom. The molecule has 1 aromatic rings. The highest BCUT2D eigenvalue weighted by molar-refractivity contribution is 9.10. The highest BCUT2D eigenvalue weighted by Gasteiger charge is 2.33. The summed E-state index contributed by atoms with van der Waals surface area (Å²) in [4.78, 5) is 4.24. The van der Waals surface area contributed by atoms with Crippen LogP contribution in [0.5, 0.6) is 0 Å². The minimum Gasteiger partial charge on any atom is -0.397 e. The van der Waals surface area contributed by atoms with Gasteiger partial charge in [-0.25, -0.2) is 4.98 Å². The zero-order chi connectivity index (χ0) is 12.3. The lowest BCUT2D eigenvalue weighted by Gasteiger charge is -2.27. The van der Waals surface area contributed by atoms with Crippen molar-refractivity contribution in [3.05, 3.63) is 16.7 Å². The number of hydrogen-bond donors (Lipinski definition) is 3. The molecule has 1 fully saturated rings. The van der Waals surface area contributed by atoms with Crippen LogP contribution in [0.3, 0.4) is 0 Å². The molecule has 1 aliphatic rings. The number of rotatable bonds is 4. The van der Waals surface area contributed by atoms with Crippen molar-refractivity contribution in [3.63, 3.8) is 0 Å². The van der Waals surface area contributed by atoms with Gasteiger partial charge in [0, 0.05) is 12.0 Å². The second kappa shape index (κ2) is 5.23. The van der Waals surface area contributed by atoms with Crippen LogP contribution in [0.15, 0.2) is 16.7 Å². The van der Waals surface area contributed by atoms with Crippen molar-refractivity contribution in [2.45, 2.75) is 25.7 Å². The van der Waals surface area contributed by atoms with Crippen LogP contribution >= 0.6 is 15.9 Å². The molecule has 1 heterocycles. The van der Waals surface area contributed by atoms with Crippen LogP contribution in [0, 0.1) is 5.41 Å². The van der Waals surface area contributed by atoms with E-state index < -0.39 is 0 Å². The van der Waals surface area contributed by atoms with Crippen molar-refractivity contribution in [1.82, 2.24) is 4.98 Å². The average molecular weight is 300 g/mol. The molecule has 0 spiro atoms. The van der Waals surface area contributed by atoms with E-state index in [1.807, 2.05) is 6.07 Å². The molecule has 1 saturated carbocycles. The monoisotopic (exact) mass is 299 g/mol. The first-order valence-electron chi connectivity index (χ1n) is 5.91. The molecule has 0 aromatic carbocycles. The minimum atomic E-state index is 0.0303. The van der Waals surface area contributed by atoms with Gasteiger partial charge in [-0.3, -0.25) is 0 Å². The normalized spacial score (nSPS) is 18.2. The smallest absolute Gasteiger partial charge is 0.140 e. The molecular formula is C12H18BrN3O. The third-order valence-electron chi connectivity index (χ3n) is 3.49. The quantitative estimate of drug-likeness (QED) is 0.798. The summed E-state index contributed by atoms with van der Waals surface area (Å²) in [5.74, 6) is 0.791. The van der Waals surface area contributed by atoms with Gasteiger partial charge >= 0.3 is 0 Å². The summed E-state index contributed by atoms with van der Waals surface area (Å²) in [5, 5.41) is 12.8. The summed E-state index contributed by atoms with van der Waals surface area (Å²) in [6.45, 7) is 1.01. The molecule has 0 aliphatic heterocycles. The SMILES string of the molecule is Nc1cnc(NCC2(CO)CCCC2)c(Br)c1. The van der Waals surface area contributed by atoms with E-state index >= 15 is 0 Å². The Hall–Kier alpha value is -0.810. The predicted octanol–water partition coefficient (Wildman–Crippen LogP) is 2.39. The third-order valence-corrected chi connectivity index (χ3v) is 4.10. The Labute approximate surface area is 110 Å². The largest absolute Gasteiger partial charge is 0.397 e. The van der Waals surface area contributed by atoms with E-state index in [-0.39, 0.29) is 12.0 Å². The number of aromatic nitrogens is 1. The highest BCUT2D eigenvalue weighted by atomic mass is 79.9. The number of aliphatic hydroxyl groups excluding tert-OH is 1. The van der Waals surface area contributed by atoms with Crippen LogP contribution in [0.2, 0.25) is 0 Å². The topological polar surface area (TPSA) is 71.2 Å². The number of nitrogen functional groups attached to an aromatic ring is 1. The van der Waals surface area contributed by atoms with Gasteiger partial charge < -0.3 is 16.2 Å². The van der Waals surface area contributed by atoms with Crippen LogP contribution in [0.25, 0.3) is 0 Å². The number of nitrogens with one attached hydrogen (secondary N) is 1. The predicted molar refractivity (Wildman–Crippen MR) is 72.8 cm³/mol. The molecule has 1 aromatic heterocycles. The van der Waals surface area contributed by atoms with Gasteiger partial charge in [0.25, 0.3) is 0 Å². The molecule has 0 radical (unpaired) electrons. The van der Waals surface area contributed by atoms with E-state index in [4.69, 9.17) is 5.73 Å². The van der Waals surface area contributed by atoms with E-state index in [9.17, 15) is 5.11 Å². The first-order valence-corrected chi connectivity index (χ1v) is 6.70. The second-order valence-corrected chi connectivity index (χ2v) is 5.67. The van der Waals surface area contributed by atoms with E-state index in [2.05, 4.69) is 26.2 Å². The lowest BCUT2D eigenvalue weighted by atomic mass is 9.87. The average Bonchev–Trinajstić information content (AvgIpc) is 2.77. The van der Waals surface area contributed by atoms with Crippen molar-refractivity contribution in [2.75, 3.05) is 24.2 Å². The number of pyridine rings is 1. The van der Waals surface area contributed by atoms with E-state index in [0.717, 1.165) is 29.7 Å². The Balaban J connectivity index is 2.01. The van der Waals surface area contributed by atoms with Crippen molar-refractivity contribution in [2.24, 2.45) is 5.41 Å². The molecule has 4 nitrogen and oxygen atoms in total. The van der Waals surface area contributed by atoms with Gasteiger partial charge in [-0.05, 0) is 34.8 Å². The van der Waals surface area contributed by atoms with Crippen LogP contribution in [0.1, 0.15) is 25.7 Å². The van der Waals surface area contributed by atoms with Gasteiger partial charge in [-0.15, -0.1) is 0 Å². The van der Waals surface area contributed by atoms with Crippen molar-refractivity contribution >= 4 is 27.4 Å². The lowest BCUT2D eigenvalue weighted by molar-refractivity contribution is 0.142. The molecular weight excluding hydrogens is 282 g/mol. The molecule has 4 N–H and O–H groups in total. The first kappa shape index (κ1) is 12.6. The standard InChI is InChI=1S/C12H18BrN3O/c13-10-5-9(14)6-15-11(10)16-7-12(8-17)3-1-2-4-12/h5-6,17H,1-4,7-8,14H2,(H,15,16). The number of aliphatic hydroxyl groups is 1. The van der Waals surface area contributed by atoms with Gasteiger partial charge in [0.05, 0.1) is 23.0 Å². The number of anilines is 2. The summed E-state index contributed by atoms with van der Waals surface area (Å²) >= 11 is 3.43. The van der Waals surface area contributed by atoms with Crippen LogP contribution < -0.4 is 11.1 Å². The van der Waals surface area contributed by atoms with Gasteiger partial charge in [0.15, 0.2) is 0 Å². The summed E-state index contributed by atoms with van der Waals surface area (Å²) in [6, 6.07) is 1.83. The third kappa shape index (κ3) is 2.90. The fourth-order valence-electron chi connectivity index (χ4n) is 2.37. The van der Waals surface area contributed by atoms with Gasteiger partial charge in [0.2, 0.25) is 0 Å². The maximum atomic E-state index is 9.52. The van der Waals surface area contributed by atoms with Gasteiger partial charge in [-0.1, -0.05) is 12.8 Å². The van der Waals surface area contributed by atoms with Gasteiger partial charge in [0.1, 0.15) is 5.82 Å². The molecule has 94 valence electrons. The summed E-state index contributed by atoms with van der Waals surface area (Å²) in [7, 11) is 0. The van der Waals surface area contributed by atoms with E-state index in [1.165, 1.54) is 12.8 Å². The van der Waals surface area contributed by atoms with Crippen LogP contribution in [-0.2, 0) is 0 Å². The molecule has 0 atom stereocenters. The van der Waals surface area contributed by atoms with Gasteiger partial charge in [-0.2, -0.15) is 0 Å². The maximum Gasteiger partial charge on any atom is 0.140 e. The minimum absolute atomic E-state index is 0.0303. The maximum absolute atomic E-state index is 9.52. The zero-order valence-electron chi connectivity index (χ0n) is 9.75. The molecule has 17 heavy (non-hydrogen) atoms.